The second-order valence-electron chi connectivity index (χ2n) is 7.18. The van der Waals surface area contributed by atoms with Gasteiger partial charge in [0.15, 0.2) is 5.16 Å². The van der Waals surface area contributed by atoms with E-state index in [1.807, 2.05) is 43.7 Å². The normalized spacial score (nSPS) is 10.8. The van der Waals surface area contributed by atoms with E-state index in [4.69, 9.17) is 23.2 Å². The molecule has 0 spiro atoms. The third kappa shape index (κ3) is 6.03. The maximum atomic E-state index is 12.3. The van der Waals surface area contributed by atoms with Gasteiger partial charge in [0, 0.05) is 31.3 Å². The van der Waals surface area contributed by atoms with Crippen LogP contribution in [0.1, 0.15) is 27.3 Å². The molecule has 0 bridgehead atoms. The van der Waals surface area contributed by atoms with Crippen LogP contribution in [0.3, 0.4) is 0 Å². The summed E-state index contributed by atoms with van der Waals surface area (Å²) in [4.78, 5) is 24.6. The van der Waals surface area contributed by atoms with Gasteiger partial charge >= 0.3 is 0 Å². The van der Waals surface area contributed by atoms with Gasteiger partial charge in [-0.2, -0.15) is 0 Å². The van der Waals surface area contributed by atoms with E-state index in [0.717, 1.165) is 16.8 Å². The van der Waals surface area contributed by atoms with Crippen LogP contribution in [-0.4, -0.2) is 38.9 Å². The maximum absolute atomic E-state index is 12.3. The molecule has 0 saturated carbocycles. The Morgan fingerprint density at radius 1 is 1.09 bits per heavy atom. The number of carbonyl (C=O) groups excluding carboxylic acids is 2. The van der Waals surface area contributed by atoms with Crippen LogP contribution in [0.5, 0.6) is 0 Å². The second kappa shape index (κ2) is 10.8. The number of hydrogen-bond acceptors (Lipinski definition) is 5. The quantitative estimate of drug-likeness (QED) is 0.454. The van der Waals surface area contributed by atoms with Crippen LogP contribution in [0.4, 0.5) is 5.69 Å². The van der Waals surface area contributed by atoms with Crippen molar-refractivity contribution in [1.29, 1.82) is 0 Å². The van der Waals surface area contributed by atoms with Crippen molar-refractivity contribution in [3.8, 4) is 0 Å². The standard InChI is InChI=1S/C22H23Cl2N5O2S/c1-13-5-4-6-18(14(13)2)26-20(30)12-32-22-28-27-19(29(22)3)9-10-25-21(31)15-7-8-16(23)17(24)11-15/h4-8,11H,9-10,12H2,1-3H3,(H,25,31)(H,26,30). The van der Waals surface area contributed by atoms with Crippen molar-refractivity contribution in [2.24, 2.45) is 7.05 Å². The fourth-order valence-electron chi connectivity index (χ4n) is 2.92. The molecule has 0 aliphatic carbocycles. The van der Waals surface area contributed by atoms with Crippen molar-refractivity contribution >= 4 is 52.5 Å². The van der Waals surface area contributed by atoms with Gasteiger partial charge in [0.05, 0.1) is 15.8 Å². The van der Waals surface area contributed by atoms with Crippen LogP contribution in [0.2, 0.25) is 10.0 Å². The summed E-state index contributed by atoms with van der Waals surface area (Å²) < 4.78 is 1.82. The number of halogens is 2. The Morgan fingerprint density at radius 2 is 1.88 bits per heavy atom. The van der Waals surface area contributed by atoms with E-state index in [2.05, 4.69) is 20.8 Å². The van der Waals surface area contributed by atoms with Gasteiger partial charge in [-0.3, -0.25) is 9.59 Å². The van der Waals surface area contributed by atoms with Crippen molar-refractivity contribution in [3.05, 3.63) is 69.0 Å². The lowest BCUT2D eigenvalue weighted by Gasteiger charge is -2.10. The molecule has 0 fully saturated rings. The lowest BCUT2D eigenvalue weighted by atomic mass is 10.1. The number of thioether (sulfide) groups is 1. The predicted octanol–water partition coefficient (Wildman–Crippen LogP) is 4.44. The molecule has 0 saturated heterocycles. The predicted molar refractivity (Wildman–Crippen MR) is 129 cm³/mol. The molecule has 2 amide bonds. The average molecular weight is 492 g/mol. The van der Waals surface area contributed by atoms with Gasteiger partial charge < -0.3 is 15.2 Å². The summed E-state index contributed by atoms with van der Waals surface area (Å²) in [5.74, 6) is 0.565. The van der Waals surface area contributed by atoms with Crippen molar-refractivity contribution in [2.45, 2.75) is 25.4 Å². The van der Waals surface area contributed by atoms with Crippen LogP contribution in [0, 0.1) is 13.8 Å². The van der Waals surface area contributed by atoms with Gasteiger partial charge in [0.1, 0.15) is 5.82 Å². The number of rotatable bonds is 8. The third-order valence-corrected chi connectivity index (χ3v) is 6.71. The number of anilines is 1. The Balaban J connectivity index is 1.49. The Morgan fingerprint density at radius 3 is 2.62 bits per heavy atom. The first kappa shape index (κ1) is 24.1. The van der Waals surface area contributed by atoms with Crippen LogP contribution < -0.4 is 10.6 Å². The number of nitrogens with zero attached hydrogens (tertiary/aromatic N) is 3. The molecule has 2 N–H and O–H groups in total. The highest BCUT2D eigenvalue weighted by atomic mass is 35.5. The highest BCUT2D eigenvalue weighted by molar-refractivity contribution is 7.99. The third-order valence-electron chi connectivity index (χ3n) is 4.95. The lowest BCUT2D eigenvalue weighted by molar-refractivity contribution is -0.113. The number of nitrogens with one attached hydrogen (secondary N) is 2. The summed E-state index contributed by atoms with van der Waals surface area (Å²) >= 11 is 13.1. The average Bonchev–Trinajstić information content (AvgIpc) is 3.11. The molecule has 0 unspecified atom stereocenters. The first-order chi connectivity index (χ1) is 15.3. The maximum Gasteiger partial charge on any atom is 0.251 e. The zero-order valence-corrected chi connectivity index (χ0v) is 20.2. The number of benzene rings is 2. The van der Waals surface area contributed by atoms with E-state index in [0.29, 0.717) is 39.6 Å². The Hall–Kier alpha value is -2.55. The summed E-state index contributed by atoms with van der Waals surface area (Å²) in [6, 6.07) is 10.5. The first-order valence-electron chi connectivity index (χ1n) is 9.86. The monoisotopic (exact) mass is 491 g/mol. The van der Waals surface area contributed by atoms with Gasteiger partial charge in [-0.25, -0.2) is 0 Å². The SMILES string of the molecule is Cc1cccc(NC(=O)CSc2nnc(CCNC(=O)c3ccc(Cl)c(Cl)c3)n2C)c1C. The number of amides is 2. The molecule has 0 radical (unpaired) electrons. The van der Waals surface area contributed by atoms with Crippen LogP contribution in [0.25, 0.3) is 0 Å². The molecule has 1 aromatic heterocycles. The van der Waals surface area contributed by atoms with Crippen LogP contribution in [0.15, 0.2) is 41.6 Å². The van der Waals surface area contributed by atoms with E-state index in [-0.39, 0.29) is 17.6 Å². The number of hydrogen-bond donors (Lipinski definition) is 2. The number of aryl methyl sites for hydroxylation is 1. The van der Waals surface area contributed by atoms with Crippen molar-refractivity contribution in [2.75, 3.05) is 17.6 Å². The fraction of sp³-hybridized carbons (Fsp3) is 0.273. The molecule has 3 aromatic rings. The molecular formula is C22H23Cl2N5O2S. The molecule has 168 valence electrons. The van der Waals surface area contributed by atoms with Crippen molar-refractivity contribution < 1.29 is 9.59 Å². The highest BCUT2D eigenvalue weighted by Crippen LogP contribution is 2.23. The lowest BCUT2D eigenvalue weighted by Crippen LogP contribution is -2.26. The van der Waals surface area contributed by atoms with E-state index < -0.39 is 0 Å². The van der Waals surface area contributed by atoms with E-state index in [1.165, 1.54) is 17.8 Å². The Bertz CT molecular complexity index is 1150. The summed E-state index contributed by atoms with van der Waals surface area (Å²) in [6.07, 6.45) is 0.492. The van der Waals surface area contributed by atoms with Crippen molar-refractivity contribution in [1.82, 2.24) is 20.1 Å². The number of aromatic nitrogens is 3. The molecule has 0 atom stereocenters. The molecule has 7 nitrogen and oxygen atoms in total. The Labute approximate surface area is 200 Å². The van der Waals surface area contributed by atoms with E-state index in [1.54, 1.807) is 12.1 Å². The molecular weight excluding hydrogens is 469 g/mol. The molecule has 32 heavy (non-hydrogen) atoms. The second-order valence-corrected chi connectivity index (χ2v) is 8.93. The number of carbonyl (C=O) groups is 2. The molecule has 10 heteroatoms. The van der Waals surface area contributed by atoms with E-state index in [9.17, 15) is 9.59 Å². The molecule has 2 aromatic carbocycles. The van der Waals surface area contributed by atoms with Crippen LogP contribution >= 0.6 is 35.0 Å². The molecule has 0 aliphatic heterocycles. The van der Waals surface area contributed by atoms with Gasteiger partial charge in [-0.15, -0.1) is 10.2 Å². The molecule has 0 aliphatic rings. The molecule has 1 heterocycles. The summed E-state index contributed by atoms with van der Waals surface area (Å²) in [6.45, 7) is 4.37. The Kier molecular flexibility index (Phi) is 8.17. The highest BCUT2D eigenvalue weighted by Gasteiger charge is 2.13. The van der Waals surface area contributed by atoms with Crippen molar-refractivity contribution in [3.63, 3.8) is 0 Å². The van der Waals surface area contributed by atoms with E-state index >= 15 is 0 Å². The minimum atomic E-state index is -0.247. The van der Waals surface area contributed by atoms with Gasteiger partial charge in [0.25, 0.3) is 5.91 Å². The van der Waals surface area contributed by atoms with Gasteiger partial charge in [-0.1, -0.05) is 47.1 Å². The summed E-state index contributed by atoms with van der Waals surface area (Å²) in [5.41, 5.74) is 3.42. The van der Waals surface area contributed by atoms with Gasteiger partial charge in [0.2, 0.25) is 5.91 Å². The zero-order chi connectivity index (χ0) is 23.3. The van der Waals surface area contributed by atoms with Gasteiger partial charge in [-0.05, 0) is 49.2 Å². The van der Waals surface area contributed by atoms with Crippen LogP contribution in [-0.2, 0) is 18.3 Å². The topological polar surface area (TPSA) is 88.9 Å². The summed E-state index contributed by atoms with van der Waals surface area (Å²) in [5, 5.41) is 15.4. The minimum absolute atomic E-state index is 0.109. The summed E-state index contributed by atoms with van der Waals surface area (Å²) in [7, 11) is 1.83. The largest absolute Gasteiger partial charge is 0.352 e. The smallest absolute Gasteiger partial charge is 0.251 e. The minimum Gasteiger partial charge on any atom is -0.352 e. The zero-order valence-electron chi connectivity index (χ0n) is 17.9. The first-order valence-corrected chi connectivity index (χ1v) is 11.6. The molecule has 3 rings (SSSR count). The fourth-order valence-corrected chi connectivity index (χ4v) is 3.95.